The van der Waals surface area contributed by atoms with Gasteiger partial charge in [0.1, 0.15) is 11.1 Å². The summed E-state index contributed by atoms with van der Waals surface area (Å²) in [4.78, 5) is 12.3. The van der Waals surface area contributed by atoms with Crippen molar-refractivity contribution < 1.29 is 26.4 Å². The van der Waals surface area contributed by atoms with E-state index in [-0.39, 0.29) is 6.54 Å². The topological polar surface area (TPSA) is 80.5 Å². The molecule has 2 rings (SSSR count). The smallest absolute Gasteiger partial charge is 0.228 e. The lowest BCUT2D eigenvalue weighted by atomic mass is 10.2. The second kappa shape index (κ2) is 4.49. The maximum Gasteiger partial charge on any atom is 0.228 e. The summed E-state index contributed by atoms with van der Waals surface area (Å²) < 4.78 is 61.6. The Labute approximate surface area is 106 Å². The van der Waals surface area contributed by atoms with Gasteiger partial charge in [-0.3, -0.25) is 4.79 Å². The van der Waals surface area contributed by atoms with Gasteiger partial charge in [-0.25, -0.2) is 26.7 Å². The van der Waals surface area contributed by atoms with Crippen LogP contribution in [0.5, 0.6) is 0 Å². The average Bonchev–Trinajstić information content (AvgIpc) is 2.65. The maximum absolute atomic E-state index is 13.5. The first-order valence-electron chi connectivity index (χ1n) is 5.16. The fraction of sp³-hybridized carbons (Fsp3) is 0.300. The zero-order chi connectivity index (χ0) is 14.4. The van der Waals surface area contributed by atoms with Crippen LogP contribution in [0.3, 0.4) is 0 Å². The SMILES string of the molecule is NS(=O)(=O)C1CC(=O)N(c2cc(F)c(F)cc2F)C1. The molecular weight excluding hydrogens is 285 g/mol. The molecule has 1 saturated heterocycles. The minimum atomic E-state index is -3.96. The third kappa shape index (κ3) is 2.56. The molecule has 0 aromatic heterocycles. The third-order valence-corrected chi connectivity index (χ3v) is 4.08. The van der Waals surface area contributed by atoms with E-state index in [2.05, 4.69) is 0 Å². The van der Waals surface area contributed by atoms with Gasteiger partial charge in [-0.2, -0.15) is 0 Å². The summed E-state index contributed by atoms with van der Waals surface area (Å²) in [5.74, 6) is -4.59. The van der Waals surface area contributed by atoms with Crippen LogP contribution in [0.1, 0.15) is 6.42 Å². The first-order chi connectivity index (χ1) is 8.70. The lowest BCUT2D eigenvalue weighted by Gasteiger charge is -2.17. The number of halogens is 3. The number of rotatable bonds is 2. The number of carbonyl (C=O) groups excluding carboxylic acids is 1. The van der Waals surface area contributed by atoms with Crippen LogP contribution in [0.25, 0.3) is 0 Å². The molecule has 1 amide bonds. The lowest BCUT2D eigenvalue weighted by molar-refractivity contribution is -0.117. The molecule has 5 nitrogen and oxygen atoms in total. The molecule has 104 valence electrons. The van der Waals surface area contributed by atoms with Crippen molar-refractivity contribution in [1.82, 2.24) is 0 Å². The summed E-state index contributed by atoms with van der Waals surface area (Å²) in [6.07, 6.45) is -0.419. The molecule has 1 aliphatic heterocycles. The number of primary sulfonamides is 1. The molecule has 9 heteroatoms. The minimum Gasteiger partial charge on any atom is -0.308 e. The van der Waals surface area contributed by atoms with Gasteiger partial charge in [0, 0.05) is 25.1 Å². The maximum atomic E-state index is 13.5. The van der Waals surface area contributed by atoms with Crippen molar-refractivity contribution in [2.24, 2.45) is 5.14 Å². The molecule has 0 bridgehead atoms. The van der Waals surface area contributed by atoms with Gasteiger partial charge in [0.25, 0.3) is 0 Å². The van der Waals surface area contributed by atoms with Gasteiger partial charge in [-0.1, -0.05) is 0 Å². The zero-order valence-corrected chi connectivity index (χ0v) is 10.3. The van der Waals surface area contributed by atoms with Crippen molar-refractivity contribution in [3.63, 3.8) is 0 Å². The normalized spacial score (nSPS) is 20.1. The Bertz CT molecular complexity index is 648. The molecule has 0 radical (unpaired) electrons. The van der Waals surface area contributed by atoms with Gasteiger partial charge in [-0.15, -0.1) is 0 Å². The Morgan fingerprint density at radius 1 is 1.16 bits per heavy atom. The Morgan fingerprint density at radius 3 is 2.26 bits per heavy atom. The molecule has 2 N–H and O–H groups in total. The van der Waals surface area contributed by atoms with Crippen LogP contribution in [-0.4, -0.2) is 26.1 Å². The standard InChI is InChI=1S/C10H9F3N2O3S/c11-6-2-8(13)9(3-7(6)12)15-4-5(1-10(15)16)19(14,17)18/h2-3,5H,1,4H2,(H2,14,17,18). The average molecular weight is 294 g/mol. The fourth-order valence-corrected chi connectivity index (χ4v) is 2.58. The number of nitrogens with zero attached hydrogens (tertiary/aromatic N) is 1. The molecule has 1 aromatic carbocycles. The van der Waals surface area contributed by atoms with Crippen molar-refractivity contribution in [3.8, 4) is 0 Å². The van der Waals surface area contributed by atoms with E-state index in [9.17, 15) is 26.4 Å². The molecule has 1 unspecified atom stereocenters. The number of hydrogen-bond acceptors (Lipinski definition) is 3. The lowest BCUT2D eigenvalue weighted by Crippen LogP contribution is -2.32. The Morgan fingerprint density at radius 2 is 1.74 bits per heavy atom. The summed E-state index contributed by atoms with van der Waals surface area (Å²) in [6, 6.07) is 0.802. The fourth-order valence-electron chi connectivity index (χ4n) is 1.85. The number of benzene rings is 1. The molecule has 0 saturated carbocycles. The van der Waals surface area contributed by atoms with Crippen LogP contribution in [0.2, 0.25) is 0 Å². The monoisotopic (exact) mass is 294 g/mol. The first kappa shape index (κ1) is 13.8. The Hall–Kier alpha value is -1.61. The number of sulfonamides is 1. The van der Waals surface area contributed by atoms with Gasteiger partial charge in [0.2, 0.25) is 15.9 Å². The Balaban J connectivity index is 2.39. The number of carbonyl (C=O) groups is 1. The van der Waals surface area contributed by atoms with Crippen LogP contribution in [0.15, 0.2) is 12.1 Å². The van der Waals surface area contributed by atoms with Crippen molar-refractivity contribution in [3.05, 3.63) is 29.6 Å². The molecule has 19 heavy (non-hydrogen) atoms. The Kier molecular flexibility index (Phi) is 3.27. The highest BCUT2D eigenvalue weighted by atomic mass is 32.2. The second-order valence-electron chi connectivity index (χ2n) is 4.14. The van der Waals surface area contributed by atoms with Crippen molar-refractivity contribution in [2.75, 3.05) is 11.4 Å². The van der Waals surface area contributed by atoms with Crippen LogP contribution in [0, 0.1) is 17.5 Å². The van der Waals surface area contributed by atoms with Gasteiger partial charge in [0.15, 0.2) is 11.6 Å². The minimum absolute atomic E-state index is 0.294. The molecule has 1 atom stereocenters. The third-order valence-electron chi connectivity index (χ3n) is 2.83. The zero-order valence-electron chi connectivity index (χ0n) is 9.44. The largest absolute Gasteiger partial charge is 0.308 e. The van der Waals surface area contributed by atoms with E-state index in [0.717, 1.165) is 4.90 Å². The number of hydrogen-bond donors (Lipinski definition) is 1. The van der Waals surface area contributed by atoms with E-state index in [0.29, 0.717) is 12.1 Å². The predicted molar refractivity (Wildman–Crippen MR) is 60.2 cm³/mol. The van der Waals surface area contributed by atoms with E-state index >= 15 is 0 Å². The summed E-state index contributed by atoms with van der Waals surface area (Å²) >= 11 is 0. The van der Waals surface area contributed by atoms with Crippen molar-refractivity contribution in [1.29, 1.82) is 0 Å². The van der Waals surface area contributed by atoms with E-state index in [4.69, 9.17) is 5.14 Å². The number of anilines is 1. The first-order valence-corrected chi connectivity index (χ1v) is 6.77. The van der Waals surface area contributed by atoms with Gasteiger partial charge in [0.05, 0.1) is 5.69 Å². The second-order valence-corrected chi connectivity index (χ2v) is 5.98. The highest BCUT2D eigenvalue weighted by Crippen LogP contribution is 2.28. The van der Waals surface area contributed by atoms with Crippen molar-refractivity contribution in [2.45, 2.75) is 11.7 Å². The van der Waals surface area contributed by atoms with Gasteiger partial charge >= 0.3 is 0 Å². The molecule has 1 fully saturated rings. The molecule has 0 spiro atoms. The van der Waals surface area contributed by atoms with E-state index in [1.54, 1.807) is 0 Å². The summed E-state index contributed by atoms with van der Waals surface area (Å²) in [7, 11) is -3.96. The van der Waals surface area contributed by atoms with E-state index < -0.39 is 50.7 Å². The highest BCUT2D eigenvalue weighted by molar-refractivity contribution is 7.89. The predicted octanol–water partition coefficient (Wildman–Crippen LogP) is 0.498. The number of amides is 1. The molecule has 1 aromatic rings. The summed E-state index contributed by atoms with van der Waals surface area (Å²) in [5, 5.41) is 3.71. The molecule has 1 aliphatic rings. The number of nitrogens with two attached hydrogens (primary N) is 1. The van der Waals surface area contributed by atoms with Crippen LogP contribution in [-0.2, 0) is 14.8 Å². The van der Waals surface area contributed by atoms with Crippen LogP contribution < -0.4 is 10.0 Å². The van der Waals surface area contributed by atoms with Gasteiger partial charge < -0.3 is 4.90 Å². The molecular formula is C10H9F3N2O3S. The summed E-state index contributed by atoms with van der Waals surface area (Å²) in [5.41, 5.74) is -0.505. The van der Waals surface area contributed by atoms with Crippen LogP contribution >= 0.6 is 0 Å². The molecule has 1 heterocycles. The quantitative estimate of drug-likeness (QED) is 0.806. The van der Waals surface area contributed by atoms with Crippen molar-refractivity contribution >= 4 is 21.6 Å². The van der Waals surface area contributed by atoms with Gasteiger partial charge in [-0.05, 0) is 0 Å². The van der Waals surface area contributed by atoms with E-state index in [1.807, 2.05) is 0 Å². The van der Waals surface area contributed by atoms with E-state index in [1.165, 1.54) is 0 Å². The summed E-state index contributed by atoms with van der Waals surface area (Å²) in [6.45, 7) is -0.389. The molecule has 0 aliphatic carbocycles. The highest BCUT2D eigenvalue weighted by Gasteiger charge is 2.38. The van der Waals surface area contributed by atoms with Crippen LogP contribution in [0.4, 0.5) is 18.9 Å².